The van der Waals surface area contributed by atoms with Crippen LogP contribution in [0.2, 0.25) is 0 Å². The van der Waals surface area contributed by atoms with Crippen LogP contribution in [-0.2, 0) is 9.53 Å². The van der Waals surface area contributed by atoms with Gasteiger partial charge in [-0.15, -0.1) is 10.2 Å². The smallest absolute Gasteiger partial charge is 0.247 e. The first kappa shape index (κ1) is 30.9. The minimum atomic E-state index is -0.551. The molecule has 1 fully saturated rings. The Bertz CT molecular complexity index is 1830. The molecule has 1 atom stereocenters. The highest BCUT2D eigenvalue weighted by molar-refractivity contribution is 5.99. The number of halogens is 1. The van der Waals surface area contributed by atoms with Gasteiger partial charge in [-0.2, -0.15) is 0 Å². The summed E-state index contributed by atoms with van der Waals surface area (Å²) in [5.74, 6) is 1.75. The standard InChI is InChI=1S/C33H34FN7O5/c1-3-44-30-17-28-25(16-29(30)38-31(42)8-5-12-35-22-11-13-43-18-22)32(37-19-36-28)39-27-10-9-24(15-26(27)34)46-23-7-4-6-21(14-23)33-41-40-20(2)45-33/h4,6-7,9-10,14-17,19,22,35H,3,5,8,11-13,18H2,1-2H3,(H,38,42)(H,36,37,39)/t22-/m0/s1. The van der Waals surface area contributed by atoms with Gasteiger partial charge in [0, 0.05) is 49.1 Å². The maximum Gasteiger partial charge on any atom is 0.247 e. The van der Waals surface area contributed by atoms with Crippen LogP contribution in [0.25, 0.3) is 22.4 Å². The van der Waals surface area contributed by atoms with Crippen molar-refractivity contribution in [3.05, 3.63) is 72.6 Å². The van der Waals surface area contributed by atoms with Gasteiger partial charge in [0.05, 0.1) is 30.1 Å². The second-order valence-electron chi connectivity index (χ2n) is 10.7. The number of benzene rings is 3. The Hall–Kier alpha value is -5.14. The Labute approximate surface area is 264 Å². The number of ether oxygens (including phenoxy) is 3. The van der Waals surface area contributed by atoms with Gasteiger partial charge in [0.25, 0.3) is 0 Å². The minimum Gasteiger partial charge on any atom is -0.492 e. The summed E-state index contributed by atoms with van der Waals surface area (Å²) in [4.78, 5) is 21.6. The Kier molecular flexibility index (Phi) is 9.60. The second-order valence-corrected chi connectivity index (χ2v) is 10.7. The number of carbonyl (C=O) groups is 1. The third-order valence-corrected chi connectivity index (χ3v) is 7.29. The SMILES string of the molecule is CCOc1cc2ncnc(Nc3ccc(Oc4cccc(-c5nnc(C)o5)c4)cc3F)c2cc1NC(=O)CCCN[C@H]1CCOC1. The van der Waals surface area contributed by atoms with Crippen molar-refractivity contribution in [2.45, 2.75) is 39.2 Å². The summed E-state index contributed by atoms with van der Waals surface area (Å²) in [6.07, 6.45) is 3.38. The number of carbonyl (C=O) groups excluding carboxylic acids is 1. The van der Waals surface area contributed by atoms with E-state index in [4.69, 9.17) is 18.6 Å². The number of anilines is 3. The van der Waals surface area contributed by atoms with Gasteiger partial charge in [-0.3, -0.25) is 4.79 Å². The van der Waals surface area contributed by atoms with Crippen molar-refractivity contribution in [3.63, 3.8) is 0 Å². The van der Waals surface area contributed by atoms with Crippen LogP contribution in [0.5, 0.6) is 17.2 Å². The van der Waals surface area contributed by atoms with Crippen LogP contribution < -0.4 is 25.4 Å². The molecule has 2 aromatic heterocycles. The molecule has 0 spiro atoms. The number of hydrogen-bond donors (Lipinski definition) is 3. The van der Waals surface area contributed by atoms with E-state index in [1.54, 1.807) is 49.4 Å². The van der Waals surface area contributed by atoms with Crippen molar-refractivity contribution in [1.29, 1.82) is 0 Å². The molecular formula is C33H34FN7O5. The van der Waals surface area contributed by atoms with Crippen LogP contribution in [0.1, 0.15) is 32.1 Å². The molecule has 46 heavy (non-hydrogen) atoms. The first-order valence-electron chi connectivity index (χ1n) is 15.1. The fourth-order valence-corrected chi connectivity index (χ4v) is 5.05. The number of rotatable bonds is 13. The lowest BCUT2D eigenvalue weighted by atomic mass is 10.1. The molecule has 6 rings (SSSR count). The molecule has 238 valence electrons. The molecule has 1 aliphatic rings. The van der Waals surface area contributed by atoms with E-state index < -0.39 is 5.82 Å². The number of nitrogens with one attached hydrogen (secondary N) is 3. The number of hydrogen-bond acceptors (Lipinski definition) is 11. The van der Waals surface area contributed by atoms with Crippen molar-refractivity contribution in [2.24, 2.45) is 0 Å². The first-order valence-corrected chi connectivity index (χ1v) is 15.1. The lowest BCUT2D eigenvalue weighted by Crippen LogP contribution is -2.30. The molecule has 3 N–H and O–H groups in total. The third-order valence-electron chi connectivity index (χ3n) is 7.29. The van der Waals surface area contributed by atoms with E-state index in [2.05, 4.69) is 36.1 Å². The Balaban J connectivity index is 1.16. The summed E-state index contributed by atoms with van der Waals surface area (Å²) in [6.45, 7) is 6.18. The van der Waals surface area contributed by atoms with Crippen LogP contribution in [0, 0.1) is 12.7 Å². The molecule has 13 heteroatoms. The molecule has 0 aliphatic carbocycles. The zero-order valence-electron chi connectivity index (χ0n) is 25.5. The molecule has 1 aliphatic heterocycles. The normalized spacial score (nSPS) is 14.4. The Morgan fingerprint density at radius 1 is 1.07 bits per heavy atom. The van der Waals surface area contributed by atoms with E-state index in [1.165, 1.54) is 12.4 Å². The average molecular weight is 628 g/mol. The molecule has 3 heterocycles. The number of nitrogens with zero attached hydrogens (tertiary/aromatic N) is 4. The van der Waals surface area contributed by atoms with Gasteiger partial charge in [0.15, 0.2) is 0 Å². The summed E-state index contributed by atoms with van der Waals surface area (Å²) < 4.78 is 37.9. The van der Waals surface area contributed by atoms with E-state index in [9.17, 15) is 4.79 Å². The highest BCUT2D eigenvalue weighted by Crippen LogP contribution is 2.35. The topological polar surface area (TPSA) is 146 Å². The van der Waals surface area contributed by atoms with E-state index in [1.807, 2.05) is 13.0 Å². The lowest BCUT2D eigenvalue weighted by molar-refractivity contribution is -0.116. The third kappa shape index (κ3) is 7.56. The maximum absolute atomic E-state index is 15.3. The number of fused-ring (bicyclic) bond motifs is 1. The van der Waals surface area contributed by atoms with Crippen LogP contribution >= 0.6 is 0 Å². The van der Waals surface area contributed by atoms with Crippen molar-refractivity contribution in [1.82, 2.24) is 25.5 Å². The highest BCUT2D eigenvalue weighted by Gasteiger charge is 2.17. The zero-order valence-corrected chi connectivity index (χ0v) is 25.5. The van der Waals surface area contributed by atoms with Crippen LogP contribution in [-0.4, -0.2) is 58.5 Å². The quantitative estimate of drug-likeness (QED) is 0.129. The fourth-order valence-electron chi connectivity index (χ4n) is 5.05. The zero-order chi connectivity index (χ0) is 31.9. The summed E-state index contributed by atoms with van der Waals surface area (Å²) in [6, 6.07) is 15.4. The van der Waals surface area contributed by atoms with Crippen LogP contribution in [0.4, 0.5) is 21.6 Å². The minimum absolute atomic E-state index is 0.143. The highest BCUT2D eigenvalue weighted by atomic mass is 19.1. The molecular weight excluding hydrogens is 593 g/mol. The predicted octanol–water partition coefficient (Wildman–Crippen LogP) is 6.16. The number of amides is 1. The molecule has 0 radical (unpaired) electrons. The fraction of sp³-hybridized carbons (Fsp3) is 0.303. The van der Waals surface area contributed by atoms with Gasteiger partial charge < -0.3 is 34.6 Å². The first-order chi connectivity index (χ1) is 22.4. The van der Waals surface area contributed by atoms with Gasteiger partial charge in [-0.25, -0.2) is 14.4 Å². The van der Waals surface area contributed by atoms with E-state index in [0.717, 1.165) is 19.6 Å². The van der Waals surface area contributed by atoms with Crippen molar-refractivity contribution in [3.8, 4) is 28.7 Å². The molecule has 3 aromatic carbocycles. The molecule has 0 unspecified atom stereocenters. The van der Waals surface area contributed by atoms with E-state index >= 15 is 4.39 Å². The van der Waals surface area contributed by atoms with E-state index in [-0.39, 0.29) is 11.6 Å². The number of aromatic nitrogens is 4. The van der Waals surface area contributed by atoms with Crippen molar-refractivity contribution >= 4 is 34.0 Å². The largest absolute Gasteiger partial charge is 0.492 e. The van der Waals surface area contributed by atoms with Gasteiger partial charge >= 0.3 is 0 Å². The maximum atomic E-state index is 15.3. The van der Waals surface area contributed by atoms with Gasteiger partial charge in [-0.1, -0.05) is 6.07 Å². The predicted molar refractivity (Wildman–Crippen MR) is 170 cm³/mol. The summed E-state index contributed by atoms with van der Waals surface area (Å²) in [5.41, 5.74) is 1.92. The summed E-state index contributed by atoms with van der Waals surface area (Å²) in [5, 5.41) is 17.9. The molecule has 5 aromatic rings. The van der Waals surface area contributed by atoms with Crippen LogP contribution in [0.3, 0.4) is 0 Å². The van der Waals surface area contributed by atoms with Crippen molar-refractivity contribution < 1.29 is 27.8 Å². The van der Waals surface area contributed by atoms with Gasteiger partial charge in [0.2, 0.25) is 17.7 Å². The second kappa shape index (κ2) is 14.3. The Morgan fingerprint density at radius 2 is 1.96 bits per heavy atom. The monoisotopic (exact) mass is 627 g/mol. The van der Waals surface area contributed by atoms with Crippen molar-refractivity contribution in [2.75, 3.05) is 37.0 Å². The molecule has 1 saturated heterocycles. The average Bonchev–Trinajstić information content (AvgIpc) is 3.73. The van der Waals surface area contributed by atoms with Crippen LogP contribution in [0.15, 0.2) is 65.3 Å². The molecule has 12 nitrogen and oxygen atoms in total. The Morgan fingerprint density at radius 3 is 2.74 bits per heavy atom. The van der Waals surface area contributed by atoms with Gasteiger partial charge in [-0.05, 0) is 62.7 Å². The summed E-state index contributed by atoms with van der Waals surface area (Å²) in [7, 11) is 0. The lowest BCUT2D eigenvalue weighted by Gasteiger charge is -2.15. The molecule has 1 amide bonds. The number of aryl methyl sites for hydroxylation is 1. The molecule has 0 saturated carbocycles. The van der Waals surface area contributed by atoms with E-state index in [0.29, 0.717) is 89.1 Å². The summed E-state index contributed by atoms with van der Waals surface area (Å²) >= 11 is 0. The molecule has 0 bridgehead atoms. The van der Waals surface area contributed by atoms with Gasteiger partial charge in [0.1, 0.15) is 35.2 Å².